The van der Waals surface area contributed by atoms with E-state index in [2.05, 4.69) is 5.32 Å². The van der Waals surface area contributed by atoms with Crippen LogP contribution in [0, 0.1) is 12.8 Å². The molecule has 0 spiro atoms. The van der Waals surface area contributed by atoms with Crippen LogP contribution in [-0.2, 0) is 19.1 Å². The molecular formula is C27H25ClN2O6. The number of anilines is 2. The van der Waals surface area contributed by atoms with Crippen LogP contribution in [0.25, 0.3) is 0 Å². The van der Waals surface area contributed by atoms with Crippen LogP contribution >= 0.6 is 11.6 Å². The lowest BCUT2D eigenvalue weighted by Crippen LogP contribution is -2.28. The number of nitrogens with zero attached hydrogens (tertiary/aromatic N) is 1. The van der Waals surface area contributed by atoms with Gasteiger partial charge in [0, 0.05) is 29.4 Å². The highest BCUT2D eigenvalue weighted by Crippen LogP contribution is 2.33. The highest BCUT2D eigenvalue weighted by atomic mass is 35.5. The molecule has 0 unspecified atom stereocenters. The molecule has 1 aliphatic rings. The Hall–Kier alpha value is -4.04. The number of halogens is 1. The van der Waals surface area contributed by atoms with E-state index in [1.165, 1.54) is 4.90 Å². The number of esters is 1. The van der Waals surface area contributed by atoms with Crippen LogP contribution in [0.2, 0.25) is 5.02 Å². The lowest BCUT2D eigenvalue weighted by atomic mass is 10.1. The zero-order valence-electron chi connectivity index (χ0n) is 19.8. The molecule has 1 saturated heterocycles. The van der Waals surface area contributed by atoms with Gasteiger partial charge in [-0.3, -0.25) is 14.4 Å². The molecule has 36 heavy (non-hydrogen) atoms. The molecule has 1 aliphatic heterocycles. The first-order chi connectivity index (χ1) is 17.3. The maximum Gasteiger partial charge on any atom is 0.311 e. The Balaban J connectivity index is 1.30. The monoisotopic (exact) mass is 508 g/mol. The number of hydrogen-bond donors (Lipinski definition) is 1. The van der Waals surface area contributed by atoms with Crippen molar-refractivity contribution in [2.45, 2.75) is 13.3 Å². The van der Waals surface area contributed by atoms with Crippen molar-refractivity contribution >= 4 is 40.8 Å². The fraction of sp³-hybridized carbons (Fsp3) is 0.222. The summed E-state index contributed by atoms with van der Waals surface area (Å²) < 4.78 is 16.3. The number of ether oxygens (including phenoxy) is 3. The van der Waals surface area contributed by atoms with Crippen molar-refractivity contribution in [2.24, 2.45) is 5.92 Å². The summed E-state index contributed by atoms with van der Waals surface area (Å²) in [7, 11) is 1.57. The molecule has 4 rings (SSSR count). The van der Waals surface area contributed by atoms with Gasteiger partial charge in [0.2, 0.25) is 5.91 Å². The van der Waals surface area contributed by atoms with Crippen molar-refractivity contribution in [3.8, 4) is 17.2 Å². The minimum absolute atomic E-state index is 0.00743. The van der Waals surface area contributed by atoms with Gasteiger partial charge in [-0.05, 0) is 61.0 Å². The molecular weight excluding hydrogens is 484 g/mol. The van der Waals surface area contributed by atoms with Crippen molar-refractivity contribution in [3.63, 3.8) is 0 Å². The van der Waals surface area contributed by atoms with Gasteiger partial charge < -0.3 is 24.4 Å². The largest absolute Gasteiger partial charge is 0.493 e. The van der Waals surface area contributed by atoms with Gasteiger partial charge in [-0.2, -0.15) is 0 Å². The molecule has 1 heterocycles. The summed E-state index contributed by atoms with van der Waals surface area (Å²) in [6.45, 7) is 1.57. The molecule has 8 nitrogen and oxygen atoms in total. The van der Waals surface area contributed by atoms with E-state index in [1.807, 2.05) is 19.1 Å². The van der Waals surface area contributed by atoms with Crippen molar-refractivity contribution in [3.05, 3.63) is 77.3 Å². The van der Waals surface area contributed by atoms with Gasteiger partial charge in [0.1, 0.15) is 5.75 Å². The van der Waals surface area contributed by atoms with Crippen LogP contribution in [-0.4, -0.2) is 38.0 Å². The van der Waals surface area contributed by atoms with Crippen LogP contribution in [0.1, 0.15) is 12.0 Å². The Morgan fingerprint density at radius 3 is 2.47 bits per heavy atom. The number of nitrogens with one attached hydrogen (secondary N) is 1. The number of amides is 2. The molecule has 1 fully saturated rings. The maximum absolute atomic E-state index is 12.6. The molecule has 9 heteroatoms. The first kappa shape index (κ1) is 25.1. The molecule has 0 bridgehead atoms. The number of carbonyl (C=O) groups is 3. The highest BCUT2D eigenvalue weighted by molar-refractivity contribution is 6.31. The lowest BCUT2D eigenvalue weighted by molar-refractivity contribution is -0.151. The Morgan fingerprint density at radius 2 is 1.78 bits per heavy atom. The van der Waals surface area contributed by atoms with E-state index in [0.717, 1.165) is 5.56 Å². The van der Waals surface area contributed by atoms with E-state index in [1.54, 1.807) is 61.7 Å². The summed E-state index contributed by atoms with van der Waals surface area (Å²) in [4.78, 5) is 38.7. The molecule has 2 amide bonds. The van der Waals surface area contributed by atoms with E-state index in [-0.39, 0.29) is 18.9 Å². The molecule has 3 aromatic rings. The topological polar surface area (TPSA) is 94.2 Å². The summed E-state index contributed by atoms with van der Waals surface area (Å²) >= 11 is 6.06. The van der Waals surface area contributed by atoms with Gasteiger partial charge in [-0.15, -0.1) is 0 Å². The normalized spacial score (nSPS) is 14.9. The van der Waals surface area contributed by atoms with Gasteiger partial charge in [-0.25, -0.2) is 0 Å². The predicted molar refractivity (Wildman–Crippen MR) is 136 cm³/mol. The lowest BCUT2D eigenvalue weighted by Gasteiger charge is -2.17. The van der Waals surface area contributed by atoms with E-state index < -0.39 is 24.4 Å². The Morgan fingerprint density at radius 1 is 1.06 bits per heavy atom. The smallest absolute Gasteiger partial charge is 0.311 e. The third kappa shape index (κ3) is 5.95. The second-order valence-electron chi connectivity index (χ2n) is 8.27. The van der Waals surface area contributed by atoms with Gasteiger partial charge in [0.25, 0.3) is 5.91 Å². The van der Waals surface area contributed by atoms with Crippen molar-refractivity contribution in [1.82, 2.24) is 0 Å². The van der Waals surface area contributed by atoms with Gasteiger partial charge in [0.15, 0.2) is 18.1 Å². The fourth-order valence-electron chi connectivity index (χ4n) is 3.76. The van der Waals surface area contributed by atoms with Gasteiger partial charge in [0.05, 0.1) is 13.0 Å². The minimum Gasteiger partial charge on any atom is -0.493 e. The van der Waals surface area contributed by atoms with Crippen LogP contribution in [0.5, 0.6) is 17.2 Å². The van der Waals surface area contributed by atoms with Crippen molar-refractivity contribution in [1.29, 1.82) is 0 Å². The van der Waals surface area contributed by atoms with Gasteiger partial charge in [-0.1, -0.05) is 29.8 Å². The van der Waals surface area contributed by atoms with E-state index in [9.17, 15) is 14.4 Å². The molecule has 0 aromatic heterocycles. The number of aryl methyl sites for hydroxylation is 1. The fourth-order valence-corrected chi connectivity index (χ4v) is 3.94. The molecule has 3 aromatic carbocycles. The molecule has 1 atom stereocenters. The Labute approximate surface area is 213 Å². The number of benzene rings is 3. The highest BCUT2D eigenvalue weighted by Gasteiger charge is 2.36. The number of para-hydroxylation sites is 2. The van der Waals surface area contributed by atoms with Crippen LogP contribution in [0.3, 0.4) is 0 Å². The first-order valence-electron chi connectivity index (χ1n) is 11.3. The second kappa shape index (κ2) is 11.1. The van der Waals surface area contributed by atoms with Crippen molar-refractivity contribution < 1.29 is 28.6 Å². The average Bonchev–Trinajstić information content (AvgIpc) is 3.27. The van der Waals surface area contributed by atoms with Crippen LogP contribution in [0.15, 0.2) is 66.7 Å². The molecule has 0 saturated carbocycles. The summed E-state index contributed by atoms with van der Waals surface area (Å²) in [6, 6.07) is 19.4. The van der Waals surface area contributed by atoms with E-state index in [0.29, 0.717) is 33.6 Å². The number of rotatable bonds is 8. The minimum atomic E-state index is -0.663. The molecule has 0 aliphatic carbocycles. The summed E-state index contributed by atoms with van der Waals surface area (Å²) in [5.74, 6) is -0.199. The Bertz CT molecular complexity index is 1280. The zero-order chi connectivity index (χ0) is 25.7. The van der Waals surface area contributed by atoms with Gasteiger partial charge >= 0.3 is 5.97 Å². The zero-order valence-corrected chi connectivity index (χ0v) is 20.6. The number of methoxy groups -OCH3 is 1. The quantitative estimate of drug-likeness (QED) is 0.431. The third-order valence-electron chi connectivity index (χ3n) is 5.70. The standard InChI is InChI=1S/C27H25ClN2O6/c1-17-7-8-19(14-22(17)28)29-25(31)16-35-27(33)18-13-26(32)30(15-18)20-9-11-21(12-10-20)36-24-6-4-3-5-23(24)34-2/h3-12,14,18H,13,15-16H2,1-2H3,(H,29,31)/t18-/m0/s1. The maximum atomic E-state index is 12.6. The SMILES string of the molecule is COc1ccccc1Oc1ccc(N2C[C@@H](C(=O)OCC(=O)Nc3ccc(C)c(Cl)c3)CC2=O)cc1. The first-order valence-corrected chi connectivity index (χ1v) is 11.7. The van der Waals surface area contributed by atoms with E-state index in [4.69, 9.17) is 25.8 Å². The molecule has 1 N–H and O–H groups in total. The Kier molecular flexibility index (Phi) is 7.75. The number of hydrogen-bond acceptors (Lipinski definition) is 6. The molecule has 0 radical (unpaired) electrons. The second-order valence-corrected chi connectivity index (χ2v) is 8.68. The summed E-state index contributed by atoms with van der Waals surface area (Å²) in [5, 5.41) is 3.15. The average molecular weight is 509 g/mol. The van der Waals surface area contributed by atoms with Crippen LogP contribution < -0.4 is 19.7 Å². The summed E-state index contributed by atoms with van der Waals surface area (Å²) in [6.07, 6.45) is 0.00743. The predicted octanol–water partition coefficient (Wildman–Crippen LogP) is 4.98. The summed E-state index contributed by atoms with van der Waals surface area (Å²) in [5.41, 5.74) is 2.03. The van der Waals surface area contributed by atoms with Crippen LogP contribution in [0.4, 0.5) is 11.4 Å². The molecule has 186 valence electrons. The van der Waals surface area contributed by atoms with Crippen molar-refractivity contribution in [2.75, 3.05) is 30.5 Å². The third-order valence-corrected chi connectivity index (χ3v) is 6.11. The number of carbonyl (C=O) groups excluding carboxylic acids is 3. The van der Waals surface area contributed by atoms with E-state index >= 15 is 0 Å².